The van der Waals surface area contributed by atoms with E-state index in [2.05, 4.69) is 98.9 Å². The molecule has 0 radical (unpaired) electrons. The molecular formula is C48H80NO7+. The fourth-order valence-corrected chi connectivity index (χ4v) is 5.74. The SMILES string of the molecule is CC/C=C/C/C=C/C/C=C/C/C=C/CCCCCC(=O)OC(COCCC(C(=O)O)[N+](C)(C)C)COC(=O)CCCCCCCC/C=C/C/C=C/C/C=C/CC. The lowest BCUT2D eigenvalue weighted by Crippen LogP contribution is -2.50. The van der Waals surface area contributed by atoms with Crippen LogP contribution in [-0.4, -0.2) is 80.6 Å². The maximum atomic E-state index is 12.7. The number of esters is 2. The second-order valence-electron chi connectivity index (χ2n) is 15.2. The molecule has 318 valence electrons. The summed E-state index contributed by atoms with van der Waals surface area (Å²) in [5.74, 6) is -1.54. The van der Waals surface area contributed by atoms with Gasteiger partial charge >= 0.3 is 17.9 Å². The lowest BCUT2D eigenvalue weighted by atomic mass is 10.1. The van der Waals surface area contributed by atoms with Crippen LogP contribution >= 0.6 is 0 Å². The fourth-order valence-electron chi connectivity index (χ4n) is 5.74. The smallest absolute Gasteiger partial charge is 0.362 e. The number of nitrogens with zero attached hydrogens (tertiary/aromatic N) is 1. The molecule has 8 nitrogen and oxygen atoms in total. The molecule has 0 aliphatic heterocycles. The number of likely N-dealkylation sites (N-methyl/N-ethyl adjacent to an activating group) is 1. The summed E-state index contributed by atoms with van der Waals surface area (Å²) >= 11 is 0. The van der Waals surface area contributed by atoms with Gasteiger partial charge in [-0.15, -0.1) is 0 Å². The molecule has 1 N–H and O–H groups in total. The number of hydrogen-bond donors (Lipinski definition) is 1. The number of rotatable bonds is 37. The Bertz CT molecular complexity index is 1190. The summed E-state index contributed by atoms with van der Waals surface area (Å²) in [4.78, 5) is 37.0. The Kier molecular flexibility index (Phi) is 36.0. The number of aliphatic carboxylic acids is 1. The summed E-state index contributed by atoms with van der Waals surface area (Å²) in [5, 5.41) is 9.62. The zero-order valence-corrected chi connectivity index (χ0v) is 36.1. The predicted octanol–water partition coefficient (Wildman–Crippen LogP) is 11.7. The van der Waals surface area contributed by atoms with Crippen molar-refractivity contribution in [2.45, 2.75) is 161 Å². The van der Waals surface area contributed by atoms with Crippen molar-refractivity contribution in [1.29, 1.82) is 0 Å². The van der Waals surface area contributed by atoms with Crippen LogP contribution in [-0.2, 0) is 28.6 Å². The van der Waals surface area contributed by atoms with Crippen LogP contribution < -0.4 is 0 Å². The van der Waals surface area contributed by atoms with Crippen molar-refractivity contribution in [3.8, 4) is 0 Å². The number of quaternary nitrogens is 1. The highest BCUT2D eigenvalue weighted by Crippen LogP contribution is 2.12. The van der Waals surface area contributed by atoms with Gasteiger partial charge in [-0.25, -0.2) is 4.79 Å². The quantitative estimate of drug-likeness (QED) is 0.0290. The number of carboxylic acids is 1. The fraction of sp³-hybridized carbons (Fsp3) is 0.646. The standard InChI is InChI=1S/C48H79NO7/c1-6-8-10-12-14-16-18-20-22-24-26-28-30-32-34-36-38-46(50)55-43-44(42-54-41-40-45(48(52)53)49(3,4)5)56-47(51)39-37-35-33-31-29-27-25-23-21-19-17-15-13-11-9-7-2/h8-11,14-17,20-23,27,29,44-45H,6-7,12-13,18-19,24-26,28,30-43H2,1-5H3/p+1/b10-8+,11-9+,16-14+,17-15+,22-20+,23-21+,29-27+. The van der Waals surface area contributed by atoms with Crippen molar-refractivity contribution in [3.63, 3.8) is 0 Å². The van der Waals surface area contributed by atoms with Crippen molar-refractivity contribution in [3.05, 3.63) is 85.1 Å². The molecule has 0 amide bonds. The maximum Gasteiger partial charge on any atom is 0.362 e. The molecule has 8 heteroatoms. The van der Waals surface area contributed by atoms with Gasteiger partial charge in [0.25, 0.3) is 0 Å². The van der Waals surface area contributed by atoms with Gasteiger partial charge in [-0.2, -0.15) is 0 Å². The minimum absolute atomic E-state index is 0.0386. The number of hydrogen-bond acceptors (Lipinski definition) is 6. The molecule has 2 atom stereocenters. The van der Waals surface area contributed by atoms with Crippen molar-refractivity contribution >= 4 is 17.9 Å². The van der Waals surface area contributed by atoms with Crippen LogP contribution in [0.2, 0.25) is 0 Å². The first kappa shape index (κ1) is 52.5. The van der Waals surface area contributed by atoms with Gasteiger partial charge in [0, 0.05) is 19.3 Å². The highest BCUT2D eigenvalue weighted by Gasteiger charge is 2.31. The Morgan fingerprint density at radius 1 is 0.536 bits per heavy atom. The summed E-state index contributed by atoms with van der Waals surface area (Å²) < 4.78 is 17.2. The molecule has 2 unspecified atom stereocenters. The van der Waals surface area contributed by atoms with Gasteiger partial charge in [-0.05, 0) is 83.5 Å². The lowest BCUT2D eigenvalue weighted by Gasteiger charge is -2.31. The van der Waals surface area contributed by atoms with E-state index in [4.69, 9.17) is 14.2 Å². The monoisotopic (exact) mass is 783 g/mol. The topological polar surface area (TPSA) is 99.1 Å². The molecule has 0 fully saturated rings. The summed E-state index contributed by atoms with van der Waals surface area (Å²) in [6.07, 6.45) is 49.1. The highest BCUT2D eigenvalue weighted by molar-refractivity contribution is 5.72. The molecule has 0 saturated heterocycles. The van der Waals surface area contributed by atoms with Gasteiger partial charge in [-0.1, -0.05) is 131 Å². The number of unbranched alkanes of at least 4 members (excludes halogenated alkanes) is 9. The number of allylic oxidation sites excluding steroid dienone is 14. The van der Waals surface area contributed by atoms with E-state index in [1.165, 1.54) is 12.8 Å². The minimum Gasteiger partial charge on any atom is -0.477 e. The zero-order chi connectivity index (χ0) is 41.4. The molecule has 0 aliphatic rings. The average Bonchev–Trinajstić information content (AvgIpc) is 3.15. The summed E-state index contributed by atoms with van der Waals surface area (Å²) in [6, 6.07) is -0.627. The molecule has 0 saturated carbocycles. The molecule has 0 aromatic rings. The van der Waals surface area contributed by atoms with Gasteiger partial charge in [0.15, 0.2) is 12.1 Å². The van der Waals surface area contributed by atoms with Crippen LogP contribution in [0.25, 0.3) is 0 Å². The van der Waals surface area contributed by atoms with Crippen LogP contribution in [0.3, 0.4) is 0 Å². The highest BCUT2D eigenvalue weighted by atomic mass is 16.6. The number of carboxylic acid groups (broad SMARTS) is 1. The molecule has 0 rings (SSSR count). The van der Waals surface area contributed by atoms with Gasteiger partial charge in [0.2, 0.25) is 0 Å². The third-order valence-electron chi connectivity index (χ3n) is 9.04. The van der Waals surface area contributed by atoms with Gasteiger partial charge in [-0.3, -0.25) is 9.59 Å². The number of carbonyl (C=O) groups is 3. The number of carbonyl (C=O) groups excluding carboxylic acids is 2. The minimum atomic E-state index is -0.887. The van der Waals surface area contributed by atoms with Crippen LogP contribution in [0.5, 0.6) is 0 Å². The first-order chi connectivity index (χ1) is 27.1. The van der Waals surface area contributed by atoms with Gasteiger partial charge in [0.05, 0.1) is 34.4 Å². The normalized spacial score (nSPS) is 13.8. The van der Waals surface area contributed by atoms with Crippen LogP contribution in [0.1, 0.15) is 149 Å². The molecule has 0 aliphatic carbocycles. The first-order valence-electron chi connectivity index (χ1n) is 21.6. The second kappa shape index (κ2) is 38.4. The summed E-state index contributed by atoms with van der Waals surface area (Å²) in [5.41, 5.74) is 0. The third kappa shape index (κ3) is 36.2. The molecular weight excluding hydrogens is 703 g/mol. The average molecular weight is 783 g/mol. The van der Waals surface area contributed by atoms with E-state index in [0.29, 0.717) is 12.8 Å². The van der Waals surface area contributed by atoms with Crippen LogP contribution in [0.15, 0.2) is 85.1 Å². The molecule has 0 aromatic heterocycles. The van der Waals surface area contributed by atoms with E-state index >= 15 is 0 Å². The van der Waals surface area contributed by atoms with Crippen molar-refractivity contribution < 1.29 is 38.2 Å². The largest absolute Gasteiger partial charge is 0.477 e. The summed E-state index contributed by atoms with van der Waals surface area (Å²) in [6.45, 7) is 4.44. The van der Waals surface area contributed by atoms with E-state index in [9.17, 15) is 19.5 Å². The van der Waals surface area contributed by atoms with Crippen LogP contribution in [0.4, 0.5) is 0 Å². The Balaban J connectivity index is 4.45. The summed E-state index contributed by atoms with van der Waals surface area (Å²) in [7, 11) is 5.50. The van der Waals surface area contributed by atoms with Crippen molar-refractivity contribution in [2.75, 3.05) is 41.0 Å². The van der Waals surface area contributed by atoms with Gasteiger partial charge in [0.1, 0.15) is 6.61 Å². The van der Waals surface area contributed by atoms with E-state index in [1.807, 2.05) is 21.1 Å². The van der Waals surface area contributed by atoms with E-state index in [-0.39, 0.29) is 42.7 Å². The first-order valence-corrected chi connectivity index (χ1v) is 21.6. The maximum absolute atomic E-state index is 12.7. The lowest BCUT2D eigenvalue weighted by molar-refractivity contribution is -0.887. The van der Waals surface area contributed by atoms with E-state index < -0.39 is 18.1 Å². The zero-order valence-electron chi connectivity index (χ0n) is 36.1. The van der Waals surface area contributed by atoms with Crippen LogP contribution in [0, 0.1) is 0 Å². The van der Waals surface area contributed by atoms with Crippen molar-refractivity contribution in [1.82, 2.24) is 0 Å². The predicted molar refractivity (Wildman–Crippen MR) is 233 cm³/mol. The van der Waals surface area contributed by atoms with Gasteiger partial charge < -0.3 is 23.8 Å². The Morgan fingerprint density at radius 2 is 0.946 bits per heavy atom. The van der Waals surface area contributed by atoms with E-state index in [1.54, 1.807) is 0 Å². The molecule has 56 heavy (non-hydrogen) atoms. The molecule has 0 spiro atoms. The second-order valence-corrected chi connectivity index (χ2v) is 15.2. The third-order valence-corrected chi connectivity index (χ3v) is 9.04. The molecule has 0 aromatic carbocycles. The molecule has 0 heterocycles. The van der Waals surface area contributed by atoms with E-state index in [0.717, 1.165) is 103 Å². The Hall–Kier alpha value is -3.49. The number of ether oxygens (including phenoxy) is 3. The Labute approximate surface area is 342 Å². The van der Waals surface area contributed by atoms with Crippen molar-refractivity contribution in [2.24, 2.45) is 0 Å². The molecule has 0 bridgehead atoms. The Morgan fingerprint density at radius 3 is 1.41 bits per heavy atom.